The average molecular weight is 207 g/mol. The number of methoxy groups -OCH3 is 1. The summed E-state index contributed by atoms with van der Waals surface area (Å²) in [5.74, 6) is 0. The van der Waals surface area contributed by atoms with Gasteiger partial charge in [0.1, 0.15) is 0 Å². The van der Waals surface area contributed by atoms with Crippen LogP contribution in [0.5, 0.6) is 0 Å². The molecule has 0 spiro atoms. The summed E-state index contributed by atoms with van der Waals surface area (Å²) in [5, 5.41) is 0. The molecule has 0 fully saturated rings. The summed E-state index contributed by atoms with van der Waals surface area (Å²) in [5.41, 5.74) is 1.20. The predicted octanol–water partition coefficient (Wildman–Crippen LogP) is 2.83. The van der Waals surface area contributed by atoms with Gasteiger partial charge in [-0.1, -0.05) is 30.3 Å². The van der Waals surface area contributed by atoms with E-state index in [0.29, 0.717) is 6.61 Å². The van der Waals surface area contributed by atoms with E-state index in [9.17, 15) is 0 Å². The Kier molecular flexibility index (Phi) is 5.37. The first-order chi connectivity index (χ1) is 7.22. The van der Waals surface area contributed by atoms with Gasteiger partial charge in [0.25, 0.3) is 0 Å². The highest BCUT2D eigenvalue weighted by atomic mass is 16.5. The van der Waals surface area contributed by atoms with Crippen molar-refractivity contribution >= 4 is 0 Å². The molecule has 0 N–H and O–H groups in total. The second kappa shape index (κ2) is 6.59. The Morgan fingerprint density at radius 1 is 1.13 bits per heavy atom. The van der Waals surface area contributed by atoms with Crippen LogP contribution in [-0.4, -0.2) is 19.3 Å². The summed E-state index contributed by atoms with van der Waals surface area (Å²) in [7, 11) is 1.70. The average Bonchev–Trinajstić information content (AvgIpc) is 2.27. The van der Waals surface area contributed by atoms with Crippen LogP contribution < -0.4 is 0 Å². The van der Waals surface area contributed by atoms with E-state index in [-0.39, 0.29) is 12.2 Å². The number of hydrogen-bond acceptors (Lipinski definition) is 2. The molecule has 2 heteroatoms. The molecule has 2 nitrogen and oxygen atoms in total. The summed E-state index contributed by atoms with van der Waals surface area (Å²) >= 11 is 0. The van der Waals surface area contributed by atoms with Crippen molar-refractivity contribution in [3.05, 3.63) is 42.3 Å². The Morgan fingerprint density at radius 3 is 2.40 bits per heavy atom. The van der Waals surface area contributed by atoms with Crippen LogP contribution in [0.15, 0.2) is 30.3 Å². The highest BCUT2D eigenvalue weighted by Gasteiger charge is 2.08. The molecule has 0 saturated heterocycles. The van der Waals surface area contributed by atoms with Gasteiger partial charge in [-0.05, 0) is 19.4 Å². The lowest BCUT2D eigenvalue weighted by molar-refractivity contribution is 0.0454. The van der Waals surface area contributed by atoms with Gasteiger partial charge in [0.15, 0.2) is 0 Å². The van der Waals surface area contributed by atoms with Crippen molar-refractivity contribution in [3.63, 3.8) is 0 Å². The summed E-state index contributed by atoms with van der Waals surface area (Å²) < 4.78 is 10.8. The molecule has 0 aromatic heterocycles. The van der Waals surface area contributed by atoms with Crippen LogP contribution in [0.4, 0.5) is 0 Å². The van der Waals surface area contributed by atoms with Crippen molar-refractivity contribution in [3.8, 4) is 0 Å². The molecule has 0 aliphatic carbocycles. The van der Waals surface area contributed by atoms with Crippen LogP contribution in [0.25, 0.3) is 0 Å². The predicted molar refractivity (Wildman–Crippen MR) is 61.5 cm³/mol. The molecular formula is C13H19O2. The van der Waals surface area contributed by atoms with Crippen molar-refractivity contribution in [2.75, 3.05) is 7.11 Å². The summed E-state index contributed by atoms with van der Waals surface area (Å²) in [6.45, 7) is 4.68. The number of hydrogen-bond donors (Lipinski definition) is 0. The van der Waals surface area contributed by atoms with Crippen molar-refractivity contribution in [1.82, 2.24) is 0 Å². The first kappa shape index (κ1) is 12.2. The van der Waals surface area contributed by atoms with Crippen LogP contribution in [0.1, 0.15) is 19.4 Å². The van der Waals surface area contributed by atoms with E-state index < -0.39 is 0 Å². The fourth-order valence-corrected chi connectivity index (χ4v) is 1.32. The minimum absolute atomic E-state index is 0.111. The molecule has 83 valence electrons. The standard InChI is InChI=1S/C13H19O2/c1-11(14-3)9-12(2)15-10-13-7-5-4-6-8-13/h4-9,11-12H,10H2,1-3H3/t11-,12-/m0/s1. The van der Waals surface area contributed by atoms with Crippen LogP contribution >= 0.6 is 0 Å². The Labute approximate surface area is 92.2 Å². The number of rotatable bonds is 6. The smallest absolute Gasteiger partial charge is 0.0720 e. The molecule has 0 saturated carbocycles. The van der Waals surface area contributed by atoms with Crippen LogP contribution in [0, 0.1) is 6.42 Å². The largest absolute Gasteiger partial charge is 0.381 e. The molecule has 0 bridgehead atoms. The highest BCUT2D eigenvalue weighted by Crippen LogP contribution is 2.07. The minimum atomic E-state index is 0.111. The molecule has 1 aromatic rings. The van der Waals surface area contributed by atoms with Crippen molar-refractivity contribution in [1.29, 1.82) is 0 Å². The lowest BCUT2D eigenvalue weighted by Crippen LogP contribution is -2.18. The van der Waals surface area contributed by atoms with E-state index in [1.807, 2.05) is 38.5 Å². The van der Waals surface area contributed by atoms with E-state index in [1.165, 1.54) is 5.56 Å². The van der Waals surface area contributed by atoms with Gasteiger partial charge in [-0.2, -0.15) is 0 Å². The normalized spacial score (nSPS) is 14.9. The Morgan fingerprint density at radius 2 is 1.80 bits per heavy atom. The van der Waals surface area contributed by atoms with Gasteiger partial charge in [0.2, 0.25) is 0 Å². The Bertz CT molecular complexity index is 258. The number of ether oxygens (including phenoxy) is 2. The van der Waals surface area contributed by atoms with Crippen molar-refractivity contribution in [2.24, 2.45) is 0 Å². The highest BCUT2D eigenvalue weighted by molar-refractivity contribution is 5.13. The molecule has 0 heterocycles. The van der Waals surface area contributed by atoms with Gasteiger partial charge < -0.3 is 9.47 Å². The molecule has 1 rings (SSSR count). The molecule has 1 radical (unpaired) electrons. The number of benzene rings is 1. The lowest BCUT2D eigenvalue weighted by Gasteiger charge is -2.16. The topological polar surface area (TPSA) is 18.5 Å². The molecule has 0 aliphatic rings. The van der Waals surface area contributed by atoms with Gasteiger partial charge in [-0.3, -0.25) is 0 Å². The zero-order valence-corrected chi connectivity index (χ0v) is 9.64. The van der Waals surface area contributed by atoms with E-state index in [0.717, 1.165) is 0 Å². The molecule has 0 amide bonds. The third kappa shape index (κ3) is 4.96. The molecule has 2 atom stereocenters. The van der Waals surface area contributed by atoms with E-state index in [2.05, 4.69) is 12.1 Å². The fraction of sp³-hybridized carbons (Fsp3) is 0.462. The maximum absolute atomic E-state index is 5.66. The first-order valence-corrected chi connectivity index (χ1v) is 5.25. The fourth-order valence-electron chi connectivity index (χ4n) is 1.32. The zero-order valence-electron chi connectivity index (χ0n) is 9.64. The summed E-state index contributed by atoms with van der Waals surface area (Å²) in [6.07, 6.45) is 2.29. The van der Waals surface area contributed by atoms with Crippen molar-refractivity contribution in [2.45, 2.75) is 32.7 Å². The van der Waals surface area contributed by atoms with Gasteiger partial charge in [-0.15, -0.1) is 0 Å². The molecular weight excluding hydrogens is 188 g/mol. The molecule has 1 aromatic carbocycles. The van der Waals surface area contributed by atoms with Gasteiger partial charge in [0.05, 0.1) is 18.8 Å². The maximum Gasteiger partial charge on any atom is 0.0720 e. The maximum atomic E-state index is 5.66. The van der Waals surface area contributed by atoms with Crippen LogP contribution in [-0.2, 0) is 16.1 Å². The zero-order chi connectivity index (χ0) is 11.1. The quantitative estimate of drug-likeness (QED) is 0.714. The third-order valence-electron chi connectivity index (χ3n) is 2.27. The molecule has 0 unspecified atom stereocenters. The SMILES string of the molecule is CO[C@@H](C)[CH][C@H](C)OCc1ccccc1. The second-order valence-electron chi connectivity index (χ2n) is 3.63. The second-order valence-corrected chi connectivity index (χ2v) is 3.63. The first-order valence-electron chi connectivity index (χ1n) is 5.25. The van der Waals surface area contributed by atoms with Gasteiger partial charge in [0, 0.05) is 13.5 Å². The lowest BCUT2D eigenvalue weighted by atomic mass is 10.2. The molecule has 0 aliphatic heterocycles. The summed E-state index contributed by atoms with van der Waals surface area (Å²) in [6, 6.07) is 10.2. The van der Waals surface area contributed by atoms with Gasteiger partial charge >= 0.3 is 0 Å². The minimum Gasteiger partial charge on any atom is -0.381 e. The van der Waals surface area contributed by atoms with Gasteiger partial charge in [-0.25, -0.2) is 0 Å². The van der Waals surface area contributed by atoms with E-state index in [4.69, 9.17) is 9.47 Å². The Balaban J connectivity index is 2.25. The monoisotopic (exact) mass is 207 g/mol. The molecule has 15 heavy (non-hydrogen) atoms. The Hall–Kier alpha value is -0.860. The summed E-state index contributed by atoms with van der Waals surface area (Å²) in [4.78, 5) is 0. The van der Waals surface area contributed by atoms with Crippen molar-refractivity contribution < 1.29 is 9.47 Å². The third-order valence-corrected chi connectivity index (χ3v) is 2.27. The van der Waals surface area contributed by atoms with Crippen LogP contribution in [0.2, 0.25) is 0 Å². The van der Waals surface area contributed by atoms with E-state index in [1.54, 1.807) is 7.11 Å². The van der Waals surface area contributed by atoms with E-state index >= 15 is 0 Å². The van der Waals surface area contributed by atoms with Crippen LogP contribution in [0.3, 0.4) is 0 Å².